The van der Waals surface area contributed by atoms with Gasteiger partial charge in [0.25, 0.3) is 0 Å². The van der Waals surface area contributed by atoms with Crippen molar-refractivity contribution in [3.8, 4) is 0 Å². The first-order valence-electron chi connectivity index (χ1n) is 6.22. The van der Waals surface area contributed by atoms with E-state index in [9.17, 15) is 13.2 Å². The monoisotopic (exact) mass is 264 g/mol. The van der Waals surface area contributed by atoms with Gasteiger partial charge in [0.15, 0.2) is 0 Å². The summed E-state index contributed by atoms with van der Waals surface area (Å²) in [6.45, 7) is 0. The lowest BCUT2D eigenvalue weighted by atomic mass is 9.97. The van der Waals surface area contributed by atoms with Crippen LogP contribution in [0.3, 0.4) is 0 Å². The molecule has 2 aromatic carbocycles. The van der Waals surface area contributed by atoms with Crippen LogP contribution in [0, 0.1) is 0 Å². The molecule has 2 aromatic rings. The molecule has 0 fully saturated rings. The van der Waals surface area contributed by atoms with E-state index >= 15 is 0 Å². The van der Waals surface area contributed by atoms with Crippen molar-refractivity contribution in [3.05, 3.63) is 71.3 Å². The summed E-state index contributed by atoms with van der Waals surface area (Å²) in [5, 5.41) is 0. The highest BCUT2D eigenvalue weighted by atomic mass is 19.4. The second-order valence-electron chi connectivity index (χ2n) is 4.55. The first kappa shape index (κ1) is 13.7. The summed E-state index contributed by atoms with van der Waals surface area (Å²) in [5.41, 5.74) is 2.86. The fraction of sp³-hybridized carbons (Fsp3) is 0.250. The molecule has 0 aliphatic rings. The molecule has 0 heterocycles. The third-order valence-electron chi connectivity index (χ3n) is 3.03. The lowest BCUT2D eigenvalue weighted by Crippen LogP contribution is -2.09. The van der Waals surface area contributed by atoms with Crippen molar-refractivity contribution in [2.24, 2.45) is 0 Å². The minimum Gasteiger partial charge on any atom is -0.171 e. The predicted octanol–water partition coefficient (Wildman–Crippen LogP) is 4.77. The Labute approximate surface area is 110 Å². The van der Waals surface area contributed by atoms with Crippen LogP contribution in [0.25, 0.3) is 0 Å². The number of halogens is 3. The summed E-state index contributed by atoms with van der Waals surface area (Å²) in [5.74, 6) is 0. The van der Waals surface area contributed by atoms with E-state index in [1.165, 1.54) is 0 Å². The van der Waals surface area contributed by atoms with Crippen molar-refractivity contribution in [2.45, 2.75) is 25.4 Å². The van der Waals surface area contributed by atoms with Gasteiger partial charge in [-0.05, 0) is 29.5 Å². The maximum atomic E-state index is 12.3. The molecule has 0 saturated heterocycles. The van der Waals surface area contributed by atoms with E-state index in [-0.39, 0.29) is 6.42 Å². The Balaban J connectivity index is 2.12. The van der Waals surface area contributed by atoms with Gasteiger partial charge in [0.2, 0.25) is 0 Å². The number of alkyl halides is 3. The Bertz CT molecular complexity index is 515. The van der Waals surface area contributed by atoms with Gasteiger partial charge in [-0.25, -0.2) is 0 Å². The second kappa shape index (κ2) is 5.91. The molecule has 0 aliphatic carbocycles. The zero-order valence-corrected chi connectivity index (χ0v) is 10.5. The van der Waals surface area contributed by atoms with E-state index < -0.39 is 12.6 Å². The van der Waals surface area contributed by atoms with Crippen molar-refractivity contribution < 1.29 is 13.2 Å². The van der Waals surface area contributed by atoms with Crippen molar-refractivity contribution in [3.63, 3.8) is 0 Å². The molecular formula is C16H15F3. The van der Waals surface area contributed by atoms with Crippen LogP contribution in [0.1, 0.15) is 23.1 Å². The fourth-order valence-corrected chi connectivity index (χ4v) is 2.07. The van der Waals surface area contributed by atoms with E-state index in [0.717, 1.165) is 16.7 Å². The summed E-state index contributed by atoms with van der Waals surface area (Å²) in [7, 11) is 0. The lowest BCUT2D eigenvalue weighted by molar-refractivity contribution is -0.134. The molecule has 0 spiro atoms. The molecule has 100 valence electrons. The van der Waals surface area contributed by atoms with Crippen LogP contribution in [0.5, 0.6) is 0 Å². The molecule has 0 aromatic heterocycles. The average molecular weight is 264 g/mol. The van der Waals surface area contributed by atoms with Crippen LogP contribution in [-0.2, 0) is 12.8 Å². The summed E-state index contributed by atoms with van der Waals surface area (Å²) in [6, 6.07) is 17.1. The maximum Gasteiger partial charge on any atom is 0.389 e. The van der Waals surface area contributed by atoms with E-state index in [1.54, 1.807) is 12.1 Å². The number of hydrogen-bond acceptors (Lipinski definition) is 0. The van der Waals surface area contributed by atoms with E-state index in [2.05, 4.69) is 0 Å². The highest BCUT2D eigenvalue weighted by Gasteiger charge is 2.26. The Morgan fingerprint density at radius 2 is 1.32 bits per heavy atom. The van der Waals surface area contributed by atoms with E-state index in [1.807, 2.05) is 42.5 Å². The Morgan fingerprint density at radius 3 is 1.95 bits per heavy atom. The van der Waals surface area contributed by atoms with Gasteiger partial charge in [0.1, 0.15) is 0 Å². The minimum atomic E-state index is -4.10. The topological polar surface area (TPSA) is 0 Å². The summed E-state index contributed by atoms with van der Waals surface area (Å²) < 4.78 is 36.9. The van der Waals surface area contributed by atoms with Gasteiger partial charge in [-0.15, -0.1) is 0 Å². The number of benzene rings is 2. The molecule has 3 heteroatoms. The molecule has 0 aliphatic heterocycles. The molecule has 0 N–H and O–H groups in total. The normalized spacial score (nSPS) is 11.5. The molecule has 0 amide bonds. The summed E-state index contributed by atoms with van der Waals surface area (Å²) >= 11 is 0. The van der Waals surface area contributed by atoms with Crippen molar-refractivity contribution in [1.29, 1.82) is 0 Å². The SMILES string of the molecule is FC(F)(F)CCc1ccccc1Cc1ccccc1. The second-order valence-corrected chi connectivity index (χ2v) is 4.55. The average Bonchev–Trinajstić information content (AvgIpc) is 2.38. The first-order chi connectivity index (χ1) is 9.04. The Hall–Kier alpha value is -1.77. The number of rotatable bonds is 4. The predicted molar refractivity (Wildman–Crippen MR) is 70.1 cm³/mol. The highest BCUT2D eigenvalue weighted by Crippen LogP contribution is 2.24. The maximum absolute atomic E-state index is 12.3. The molecule has 0 unspecified atom stereocenters. The van der Waals surface area contributed by atoms with Gasteiger partial charge in [-0.1, -0.05) is 54.6 Å². The van der Waals surface area contributed by atoms with Crippen molar-refractivity contribution >= 4 is 0 Å². The largest absolute Gasteiger partial charge is 0.389 e. The summed E-state index contributed by atoms with van der Waals surface area (Å²) in [4.78, 5) is 0. The lowest BCUT2D eigenvalue weighted by Gasteiger charge is -2.11. The first-order valence-corrected chi connectivity index (χ1v) is 6.22. The van der Waals surface area contributed by atoms with Gasteiger partial charge in [-0.3, -0.25) is 0 Å². The highest BCUT2D eigenvalue weighted by molar-refractivity contribution is 5.32. The Kier molecular flexibility index (Phi) is 4.25. The number of aryl methyl sites for hydroxylation is 1. The van der Waals surface area contributed by atoms with Crippen LogP contribution < -0.4 is 0 Å². The molecule has 2 rings (SSSR count). The van der Waals surface area contributed by atoms with Crippen LogP contribution in [0.4, 0.5) is 13.2 Å². The smallest absolute Gasteiger partial charge is 0.171 e. The molecule has 0 bridgehead atoms. The molecule has 0 nitrogen and oxygen atoms in total. The fourth-order valence-electron chi connectivity index (χ4n) is 2.07. The standard InChI is InChI=1S/C16H15F3/c17-16(18,19)11-10-14-8-4-5-9-15(14)12-13-6-2-1-3-7-13/h1-9H,10-12H2. The van der Waals surface area contributed by atoms with Crippen molar-refractivity contribution in [2.75, 3.05) is 0 Å². The van der Waals surface area contributed by atoms with Gasteiger partial charge in [-0.2, -0.15) is 13.2 Å². The van der Waals surface area contributed by atoms with Crippen LogP contribution in [0.2, 0.25) is 0 Å². The minimum absolute atomic E-state index is 0.0481. The zero-order chi connectivity index (χ0) is 13.7. The third kappa shape index (κ3) is 4.43. The van der Waals surface area contributed by atoms with Crippen molar-refractivity contribution in [1.82, 2.24) is 0 Å². The van der Waals surface area contributed by atoms with Gasteiger partial charge < -0.3 is 0 Å². The third-order valence-corrected chi connectivity index (χ3v) is 3.03. The van der Waals surface area contributed by atoms with Gasteiger partial charge >= 0.3 is 6.18 Å². The van der Waals surface area contributed by atoms with Crippen LogP contribution >= 0.6 is 0 Å². The van der Waals surface area contributed by atoms with E-state index in [0.29, 0.717) is 6.42 Å². The summed E-state index contributed by atoms with van der Waals surface area (Å²) in [6.07, 6.45) is -4.14. The van der Waals surface area contributed by atoms with E-state index in [4.69, 9.17) is 0 Å². The zero-order valence-electron chi connectivity index (χ0n) is 10.5. The molecule has 0 atom stereocenters. The van der Waals surface area contributed by atoms with Gasteiger partial charge in [0.05, 0.1) is 0 Å². The van der Waals surface area contributed by atoms with Crippen LogP contribution in [0.15, 0.2) is 54.6 Å². The quantitative estimate of drug-likeness (QED) is 0.746. The Morgan fingerprint density at radius 1 is 0.737 bits per heavy atom. The van der Waals surface area contributed by atoms with Gasteiger partial charge in [0, 0.05) is 6.42 Å². The molecule has 0 saturated carbocycles. The molecular weight excluding hydrogens is 249 g/mol. The van der Waals surface area contributed by atoms with Crippen LogP contribution in [-0.4, -0.2) is 6.18 Å². The molecule has 19 heavy (non-hydrogen) atoms. The molecule has 0 radical (unpaired) electrons. The number of hydrogen-bond donors (Lipinski definition) is 0.